The molecule has 0 aromatic carbocycles. The third kappa shape index (κ3) is 2.48. The standard InChI is InChI=1S/C13H13N5OS/c1-17(13(19)14-12-6-4-8-20-12)9-11-16-15-10-5-2-3-7-18(10)11/h2-8H,9H2,1H3,(H,14,19). The van der Waals surface area contributed by atoms with Crippen LogP contribution >= 0.6 is 11.3 Å². The number of nitrogens with zero attached hydrogens (tertiary/aromatic N) is 4. The molecular formula is C13H13N5OS. The van der Waals surface area contributed by atoms with E-state index in [2.05, 4.69) is 15.5 Å². The third-order valence-corrected chi connectivity index (χ3v) is 3.65. The Labute approximate surface area is 119 Å². The van der Waals surface area contributed by atoms with E-state index in [1.807, 2.05) is 46.3 Å². The molecule has 0 atom stereocenters. The minimum atomic E-state index is -0.167. The van der Waals surface area contributed by atoms with Crippen LogP contribution in [0.3, 0.4) is 0 Å². The predicted molar refractivity (Wildman–Crippen MR) is 77.8 cm³/mol. The monoisotopic (exact) mass is 287 g/mol. The Bertz CT molecular complexity index is 721. The maximum Gasteiger partial charge on any atom is 0.322 e. The molecule has 0 unspecified atom stereocenters. The van der Waals surface area contributed by atoms with Gasteiger partial charge < -0.3 is 4.90 Å². The Hall–Kier alpha value is -2.41. The van der Waals surface area contributed by atoms with Gasteiger partial charge in [-0.1, -0.05) is 6.07 Å². The lowest BCUT2D eigenvalue weighted by atomic mass is 10.4. The Kier molecular flexibility index (Phi) is 3.34. The first-order chi connectivity index (χ1) is 9.74. The second-order valence-electron chi connectivity index (χ2n) is 4.31. The van der Waals surface area contributed by atoms with Crippen molar-refractivity contribution in [2.45, 2.75) is 6.54 Å². The van der Waals surface area contributed by atoms with Gasteiger partial charge in [-0.15, -0.1) is 21.5 Å². The predicted octanol–water partition coefficient (Wildman–Crippen LogP) is 2.45. The van der Waals surface area contributed by atoms with E-state index in [1.54, 1.807) is 11.9 Å². The molecule has 0 radical (unpaired) electrons. The van der Waals surface area contributed by atoms with Crippen molar-refractivity contribution in [3.05, 3.63) is 47.7 Å². The summed E-state index contributed by atoms with van der Waals surface area (Å²) in [5, 5.41) is 13.7. The van der Waals surface area contributed by atoms with E-state index in [0.29, 0.717) is 6.54 Å². The van der Waals surface area contributed by atoms with Gasteiger partial charge in [0.15, 0.2) is 11.5 Å². The first-order valence-corrected chi connectivity index (χ1v) is 6.96. The molecule has 0 aliphatic rings. The van der Waals surface area contributed by atoms with Crippen LogP contribution in [0.4, 0.5) is 9.80 Å². The van der Waals surface area contributed by atoms with Gasteiger partial charge in [0, 0.05) is 13.2 Å². The van der Waals surface area contributed by atoms with E-state index < -0.39 is 0 Å². The van der Waals surface area contributed by atoms with Crippen molar-refractivity contribution >= 4 is 28.0 Å². The summed E-state index contributed by atoms with van der Waals surface area (Å²) in [5.74, 6) is 0.726. The van der Waals surface area contributed by atoms with Gasteiger partial charge in [-0.2, -0.15) is 0 Å². The number of fused-ring (bicyclic) bond motifs is 1. The highest BCUT2D eigenvalue weighted by atomic mass is 32.1. The van der Waals surface area contributed by atoms with Crippen molar-refractivity contribution in [1.29, 1.82) is 0 Å². The molecule has 3 rings (SSSR count). The fraction of sp³-hybridized carbons (Fsp3) is 0.154. The summed E-state index contributed by atoms with van der Waals surface area (Å²) < 4.78 is 1.87. The Balaban J connectivity index is 1.72. The molecule has 0 aliphatic heterocycles. The number of hydrogen-bond acceptors (Lipinski definition) is 4. The maximum absolute atomic E-state index is 12.0. The van der Waals surface area contributed by atoms with E-state index in [1.165, 1.54) is 11.3 Å². The first kappa shape index (κ1) is 12.6. The van der Waals surface area contributed by atoms with Gasteiger partial charge in [0.1, 0.15) is 0 Å². The van der Waals surface area contributed by atoms with E-state index in [-0.39, 0.29) is 6.03 Å². The number of hydrogen-bond donors (Lipinski definition) is 1. The Morgan fingerprint density at radius 3 is 3.05 bits per heavy atom. The minimum Gasteiger partial charge on any atom is -0.320 e. The highest BCUT2D eigenvalue weighted by Crippen LogP contribution is 2.15. The number of carbonyl (C=O) groups excluding carboxylic acids is 1. The van der Waals surface area contributed by atoms with Crippen molar-refractivity contribution in [3.63, 3.8) is 0 Å². The number of urea groups is 1. The molecule has 6 nitrogen and oxygen atoms in total. The summed E-state index contributed by atoms with van der Waals surface area (Å²) in [4.78, 5) is 13.6. The largest absolute Gasteiger partial charge is 0.322 e. The van der Waals surface area contributed by atoms with E-state index in [4.69, 9.17) is 0 Å². The van der Waals surface area contributed by atoms with E-state index in [0.717, 1.165) is 16.5 Å². The fourth-order valence-electron chi connectivity index (χ4n) is 1.83. The molecule has 1 N–H and O–H groups in total. The summed E-state index contributed by atoms with van der Waals surface area (Å²) >= 11 is 1.49. The van der Waals surface area contributed by atoms with Crippen LogP contribution in [0.2, 0.25) is 0 Å². The molecule has 102 valence electrons. The summed E-state index contributed by atoms with van der Waals surface area (Å²) in [7, 11) is 1.73. The topological polar surface area (TPSA) is 62.5 Å². The van der Waals surface area contributed by atoms with Gasteiger partial charge in [0.05, 0.1) is 11.5 Å². The number of pyridine rings is 1. The van der Waals surface area contributed by atoms with E-state index >= 15 is 0 Å². The molecule has 3 aromatic rings. The average Bonchev–Trinajstić information content (AvgIpc) is 3.09. The zero-order valence-corrected chi connectivity index (χ0v) is 11.7. The van der Waals surface area contributed by atoms with Gasteiger partial charge in [0.25, 0.3) is 0 Å². The molecule has 0 fully saturated rings. The quantitative estimate of drug-likeness (QED) is 0.805. The van der Waals surface area contributed by atoms with Gasteiger partial charge in [-0.05, 0) is 29.6 Å². The SMILES string of the molecule is CN(Cc1nnc2ccccn12)C(=O)Nc1cccs1. The molecule has 2 amide bonds. The van der Waals surface area contributed by atoms with Crippen molar-refractivity contribution in [3.8, 4) is 0 Å². The average molecular weight is 287 g/mol. The Morgan fingerprint density at radius 1 is 1.35 bits per heavy atom. The number of anilines is 1. The lowest BCUT2D eigenvalue weighted by molar-refractivity contribution is 0.219. The first-order valence-electron chi connectivity index (χ1n) is 6.08. The van der Waals surface area contributed by atoms with Gasteiger partial charge in [-0.25, -0.2) is 4.79 Å². The fourth-order valence-corrected chi connectivity index (χ4v) is 2.44. The second-order valence-corrected chi connectivity index (χ2v) is 5.26. The zero-order chi connectivity index (χ0) is 13.9. The minimum absolute atomic E-state index is 0.167. The zero-order valence-electron chi connectivity index (χ0n) is 10.9. The lowest BCUT2D eigenvalue weighted by Gasteiger charge is -2.16. The summed E-state index contributed by atoms with van der Waals surface area (Å²) in [6, 6.07) is 9.28. The number of carbonyl (C=O) groups is 1. The van der Waals surface area contributed by atoms with Crippen LogP contribution < -0.4 is 5.32 Å². The number of rotatable bonds is 3. The van der Waals surface area contributed by atoms with Crippen LogP contribution in [0, 0.1) is 0 Å². The third-order valence-electron chi connectivity index (χ3n) is 2.86. The molecule has 0 aliphatic carbocycles. The molecule has 0 saturated carbocycles. The van der Waals surface area contributed by atoms with Crippen LogP contribution in [0.1, 0.15) is 5.82 Å². The van der Waals surface area contributed by atoms with Crippen molar-refractivity contribution in [2.75, 3.05) is 12.4 Å². The molecular weight excluding hydrogens is 274 g/mol. The highest BCUT2D eigenvalue weighted by molar-refractivity contribution is 7.14. The van der Waals surface area contributed by atoms with Gasteiger partial charge in [0.2, 0.25) is 0 Å². The normalized spacial score (nSPS) is 10.7. The molecule has 3 aromatic heterocycles. The molecule has 0 bridgehead atoms. The van der Waals surface area contributed by atoms with E-state index in [9.17, 15) is 4.79 Å². The number of aromatic nitrogens is 3. The summed E-state index contributed by atoms with van der Waals surface area (Å²) in [5.41, 5.74) is 0.773. The van der Waals surface area contributed by atoms with Gasteiger partial charge in [-0.3, -0.25) is 9.72 Å². The van der Waals surface area contributed by atoms with Crippen LogP contribution in [0.15, 0.2) is 41.9 Å². The second kappa shape index (κ2) is 5.30. The number of thiophene rings is 1. The molecule has 7 heteroatoms. The summed E-state index contributed by atoms with van der Waals surface area (Å²) in [6.07, 6.45) is 1.88. The highest BCUT2D eigenvalue weighted by Gasteiger charge is 2.13. The van der Waals surface area contributed by atoms with Crippen LogP contribution in [-0.2, 0) is 6.54 Å². The molecule has 3 heterocycles. The summed E-state index contributed by atoms with van der Waals surface area (Å²) in [6.45, 7) is 0.391. The van der Waals surface area contributed by atoms with Crippen LogP contribution in [0.25, 0.3) is 5.65 Å². The maximum atomic E-state index is 12.0. The van der Waals surface area contributed by atoms with Crippen LogP contribution in [-0.4, -0.2) is 32.6 Å². The number of amides is 2. The van der Waals surface area contributed by atoms with Crippen LogP contribution in [0.5, 0.6) is 0 Å². The lowest BCUT2D eigenvalue weighted by Crippen LogP contribution is -2.31. The van der Waals surface area contributed by atoms with Crippen molar-refractivity contribution < 1.29 is 4.79 Å². The van der Waals surface area contributed by atoms with Gasteiger partial charge >= 0.3 is 6.03 Å². The number of nitrogens with one attached hydrogen (secondary N) is 1. The molecule has 0 saturated heterocycles. The van der Waals surface area contributed by atoms with Crippen molar-refractivity contribution in [1.82, 2.24) is 19.5 Å². The smallest absolute Gasteiger partial charge is 0.320 e. The van der Waals surface area contributed by atoms with Crippen molar-refractivity contribution in [2.24, 2.45) is 0 Å². The molecule has 0 spiro atoms. The Morgan fingerprint density at radius 2 is 2.25 bits per heavy atom. The molecule has 20 heavy (non-hydrogen) atoms.